The monoisotopic (exact) mass is 479 g/mol. The molecule has 0 radical (unpaired) electrons. The van der Waals surface area contributed by atoms with E-state index in [4.69, 9.17) is 39.8 Å². The van der Waals surface area contributed by atoms with Gasteiger partial charge in [-0.3, -0.25) is 4.99 Å². The summed E-state index contributed by atoms with van der Waals surface area (Å²) in [6.45, 7) is 4.14. The molecule has 2 aromatic rings. The van der Waals surface area contributed by atoms with E-state index < -0.39 is 0 Å². The first-order chi connectivity index (χ1) is 14.9. The summed E-state index contributed by atoms with van der Waals surface area (Å²) >= 11 is 19.0. The van der Waals surface area contributed by atoms with Crippen LogP contribution in [-0.4, -0.2) is 56.5 Å². The van der Waals surface area contributed by atoms with Gasteiger partial charge < -0.3 is 20.4 Å². The molecule has 2 heterocycles. The lowest BCUT2D eigenvalue weighted by molar-refractivity contribution is 0.401. The molecule has 0 amide bonds. The molecule has 0 atom stereocenters. The van der Waals surface area contributed by atoms with Gasteiger partial charge in [0.25, 0.3) is 0 Å². The largest absolute Gasteiger partial charge is 0.371 e. The van der Waals surface area contributed by atoms with Gasteiger partial charge in [0.2, 0.25) is 0 Å². The zero-order valence-corrected chi connectivity index (χ0v) is 20.2. The summed E-state index contributed by atoms with van der Waals surface area (Å²) < 4.78 is 0. The van der Waals surface area contributed by atoms with Crippen LogP contribution in [0.3, 0.4) is 0 Å². The highest BCUT2D eigenvalue weighted by Gasteiger charge is 2.44. The summed E-state index contributed by atoms with van der Waals surface area (Å²) in [6, 6.07) is 11.8. The average Bonchev–Trinajstić information content (AvgIpc) is 2.73. The number of halogens is 3. The van der Waals surface area contributed by atoms with Crippen LogP contribution in [0.1, 0.15) is 18.4 Å². The Kier molecular flexibility index (Phi) is 6.99. The van der Waals surface area contributed by atoms with Crippen LogP contribution >= 0.6 is 34.8 Å². The van der Waals surface area contributed by atoms with Crippen LogP contribution in [0.5, 0.6) is 0 Å². The molecule has 1 fully saturated rings. The molecule has 5 nitrogen and oxygen atoms in total. The van der Waals surface area contributed by atoms with Crippen molar-refractivity contribution >= 4 is 52.0 Å². The van der Waals surface area contributed by atoms with Gasteiger partial charge in [-0.05, 0) is 69.9 Å². The van der Waals surface area contributed by atoms with Gasteiger partial charge in [0, 0.05) is 18.1 Å². The summed E-state index contributed by atoms with van der Waals surface area (Å²) in [4.78, 5) is 9.69. The second-order valence-electron chi connectivity index (χ2n) is 8.47. The molecule has 0 bridgehead atoms. The molecule has 4 rings (SSSR count). The fourth-order valence-electron chi connectivity index (χ4n) is 4.31. The predicted molar refractivity (Wildman–Crippen MR) is 133 cm³/mol. The number of amidine groups is 1. The predicted octanol–water partition coefficient (Wildman–Crippen LogP) is 5.16. The lowest BCUT2D eigenvalue weighted by Crippen LogP contribution is -2.62. The minimum atomic E-state index is -0.250. The standard InChI is InChI=1S/C23H28Cl3N5/c1-30(2)10-11-31-21-14-19(26)18(25)13-20(21)29-23(6-8-27-9-7-23)22(31)28-15-16-4-3-5-17(24)12-16/h3-5,12-14,27,29H,6-11,15H2,1-2H3/b28-22+. The van der Waals surface area contributed by atoms with E-state index in [0.717, 1.165) is 66.8 Å². The molecule has 1 saturated heterocycles. The summed E-state index contributed by atoms with van der Waals surface area (Å²) in [5.41, 5.74) is 2.87. The third-order valence-corrected chi connectivity index (χ3v) is 6.87. The molecule has 2 aromatic carbocycles. The SMILES string of the molecule is CN(C)CCN1/C(=N/Cc2cccc(Cl)c2)C2(CCNCC2)Nc2cc(Cl)c(Cl)cc21. The third-order valence-electron chi connectivity index (χ3n) is 5.92. The van der Waals surface area contributed by atoms with Gasteiger partial charge in [-0.25, -0.2) is 0 Å². The highest BCUT2D eigenvalue weighted by molar-refractivity contribution is 6.42. The van der Waals surface area contributed by atoms with Crippen LogP contribution in [-0.2, 0) is 6.54 Å². The van der Waals surface area contributed by atoms with Crippen LogP contribution in [0.15, 0.2) is 41.4 Å². The number of anilines is 2. The number of fused-ring (bicyclic) bond motifs is 1. The number of nitrogens with zero attached hydrogens (tertiary/aromatic N) is 3. The molecule has 0 aliphatic carbocycles. The first-order valence-electron chi connectivity index (χ1n) is 10.6. The van der Waals surface area contributed by atoms with Gasteiger partial charge in [0.15, 0.2) is 0 Å². The lowest BCUT2D eigenvalue weighted by Gasteiger charge is -2.49. The molecule has 166 valence electrons. The Labute approximate surface area is 199 Å². The molecule has 2 N–H and O–H groups in total. The molecule has 2 aliphatic rings. The number of aliphatic imine (C=N–C) groups is 1. The molecule has 31 heavy (non-hydrogen) atoms. The van der Waals surface area contributed by atoms with Crippen molar-refractivity contribution in [3.05, 3.63) is 57.0 Å². The number of hydrogen-bond acceptors (Lipinski definition) is 4. The molecule has 0 unspecified atom stereocenters. The smallest absolute Gasteiger partial charge is 0.130 e. The third kappa shape index (κ3) is 4.96. The Balaban J connectivity index is 1.80. The second-order valence-corrected chi connectivity index (χ2v) is 9.72. The Morgan fingerprint density at radius 3 is 2.52 bits per heavy atom. The average molecular weight is 481 g/mol. The van der Waals surface area contributed by atoms with Gasteiger partial charge in [0.1, 0.15) is 5.84 Å². The zero-order valence-electron chi connectivity index (χ0n) is 17.9. The Morgan fingerprint density at radius 1 is 1.06 bits per heavy atom. The maximum Gasteiger partial charge on any atom is 0.130 e. The zero-order chi connectivity index (χ0) is 22.0. The molecule has 2 aliphatic heterocycles. The van der Waals surface area contributed by atoms with E-state index in [2.05, 4.69) is 40.6 Å². The Morgan fingerprint density at radius 2 is 1.81 bits per heavy atom. The Hall–Kier alpha value is -1.50. The summed E-state index contributed by atoms with van der Waals surface area (Å²) in [5.74, 6) is 1.06. The molecule has 0 aromatic heterocycles. The highest BCUT2D eigenvalue weighted by atomic mass is 35.5. The minimum absolute atomic E-state index is 0.250. The van der Waals surface area contributed by atoms with Crippen LogP contribution < -0.4 is 15.5 Å². The van der Waals surface area contributed by atoms with Crippen molar-refractivity contribution in [1.29, 1.82) is 0 Å². The normalized spacial score (nSPS) is 19.0. The highest BCUT2D eigenvalue weighted by Crippen LogP contribution is 2.43. The van der Waals surface area contributed by atoms with Crippen LogP contribution in [0.2, 0.25) is 15.1 Å². The maximum absolute atomic E-state index is 6.43. The topological polar surface area (TPSA) is 42.9 Å². The van der Waals surface area contributed by atoms with Gasteiger partial charge in [-0.15, -0.1) is 0 Å². The van der Waals surface area contributed by atoms with E-state index in [1.54, 1.807) is 0 Å². The van der Waals surface area contributed by atoms with E-state index in [1.165, 1.54) is 0 Å². The van der Waals surface area contributed by atoms with Crippen molar-refractivity contribution in [2.24, 2.45) is 4.99 Å². The fourth-order valence-corrected chi connectivity index (χ4v) is 4.85. The fraction of sp³-hybridized carbons (Fsp3) is 0.435. The van der Waals surface area contributed by atoms with E-state index in [0.29, 0.717) is 16.6 Å². The first-order valence-corrected chi connectivity index (χ1v) is 11.7. The number of piperidine rings is 1. The number of rotatable bonds is 5. The second kappa shape index (κ2) is 9.55. The van der Waals surface area contributed by atoms with Crippen LogP contribution in [0, 0.1) is 0 Å². The number of hydrogen-bond donors (Lipinski definition) is 2. The molecular weight excluding hydrogens is 453 g/mol. The Bertz CT molecular complexity index is 970. The number of likely N-dealkylation sites (N-methyl/N-ethyl adjacent to an activating group) is 1. The van der Waals surface area contributed by atoms with Crippen molar-refractivity contribution in [2.75, 3.05) is 50.5 Å². The van der Waals surface area contributed by atoms with E-state index in [9.17, 15) is 0 Å². The van der Waals surface area contributed by atoms with E-state index in [1.807, 2.05) is 30.3 Å². The van der Waals surface area contributed by atoms with Crippen molar-refractivity contribution in [3.63, 3.8) is 0 Å². The van der Waals surface area contributed by atoms with E-state index >= 15 is 0 Å². The minimum Gasteiger partial charge on any atom is -0.371 e. The van der Waals surface area contributed by atoms with Crippen LogP contribution in [0.25, 0.3) is 0 Å². The van der Waals surface area contributed by atoms with Crippen molar-refractivity contribution in [2.45, 2.75) is 24.9 Å². The van der Waals surface area contributed by atoms with Gasteiger partial charge in [0.05, 0.1) is 33.5 Å². The van der Waals surface area contributed by atoms with Crippen molar-refractivity contribution < 1.29 is 0 Å². The van der Waals surface area contributed by atoms with Crippen molar-refractivity contribution in [3.8, 4) is 0 Å². The summed E-state index contributed by atoms with van der Waals surface area (Å²) in [7, 11) is 4.17. The summed E-state index contributed by atoms with van der Waals surface area (Å²) in [5, 5.41) is 9.12. The first kappa shape index (κ1) is 22.7. The van der Waals surface area contributed by atoms with Crippen LogP contribution in [0.4, 0.5) is 11.4 Å². The number of nitrogens with one attached hydrogen (secondary N) is 2. The summed E-state index contributed by atoms with van der Waals surface area (Å²) in [6.07, 6.45) is 1.89. The molecule has 0 saturated carbocycles. The lowest BCUT2D eigenvalue weighted by atomic mass is 9.83. The maximum atomic E-state index is 6.43. The van der Waals surface area contributed by atoms with Gasteiger partial charge >= 0.3 is 0 Å². The molecular formula is C23H28Cl3N5. The quantitative estimate of drug-likeness (QED) is 0.620. The van der Waals surface area contributed by atoms with Gasteiger partial charge in [-0.1, -0.05) is 46.9 Å². The number of benzene rings is 2. The van der Waals surface area contributed by atoms with Gasteiger partial charge in [-0.2, -0.15) is 0 Å². The molecule has 1 spiro atoms. The van der Waals surface area contributed by atoms with E-state index in [-0.39, 0.29) is 5.54 Å². The van der Waals surface area contributed by atoms with Crippen molar-refractivity contribution in [1.82, 2.24) is 10.2 Å². The molecule has 8 heteroatoms.